The number of carbonyl (C=O) groups is 6. The summed E-state index contributed by atoms with van der Waals surface area (Å²) in [4.78, 5) is 97.1. The highest BCUT2D eigenvalue weighted by atomic mass is 31.2. The first-order valence-electron chi connectivity index (χ1n) is 20.6. The summed E-state index contributed by atoms with van der Waals surface area (Å²) < 4.78 is 22.9. The Morgan fingerprint density at radius 1 is 0.917 bits per heavy atom. The lowest BCUT2D eigenvalue weighted by Gasteiger charge is -2.28. The summed E-state index contributed by atoms with van der Waals surface area (Å²) in [6.07, 6.45) is 8.73. The number of aromatic nitrogens is 2. The van der Waals surface area contributed by atoms with Crippen LogP contribution in [0.1, 0.15) is 96.7 Å². The molecule has 334 valence electrons. The Morgan fingerprint density at radius 3 is 2.17 bits per heavy atom. The summed E-state index contributed by atoms with van der Waals surface area (Å²) in [5.74, 6) is -4.69. The van der Waals surface area contributed by atoms with Gasteiger partial charge in [-0.05, 0) is 56.9 Å². The second-order valence-electron chi connectivity index (χ2n) is 15.5. The molecule has 1 saturated heterocycles. The number of hydrogen-bond donors (Lipinski definition) is 8. The van der Waals surface area contributed by atoms with Gasteiger partial charge in [0.15, 0.2) is 0 Å². The van der Waals surface area contributed by atoms with Gasteiger partial charge in [-0.1, -0.05) is 69.9 Å². The normalized spacial score (nSPS) is 17.4. The van der Waals surface area contributed by atoms with Crippen molar-refractivity contribution in [3.05, 3.63) is 54.1 Å². The number of aryl methyl sites for hydroxylation is 1. The molecule has 19 nitrogen and oxygen atoms in total. The molecule has 1 aliphatic heterocycles. The van der Waals surface area contributed by atoms with E-state index in [1.54, 1.807) is 0 Å². The van der Waals surface area contributed by atoms with Crippen molar-refractivity contribution in [2.45, 2.75) is 135 Å². The van der Waals surface area contributed by atoms with Crippen LogP contribution < -0.4 is 27.0 Å². The number of aromatic amines is 1. The Bertz CT molecular complexity index is 1730. The minimum absolute atomic E-state index is 0.0672. The highest BCUT2D eigenvalue weighted by molar-refractivity contribution is 7.47. The number of aliphatic hydroxyl groups excluding tert-OH is 1. The van der Waals surface area contributed by atoms with Gasteiger partial charge in [0, 0.05) is 31.8 Å². The fourth-order valence-corrected chi connectivity index (χ4v) is 7.85. The molecule has 2 heterocycles. The van der Waals surface area contributed by atoms with Crippen LogP contribution in [0.4, 0.5) is 0 Å². The fraction of sp³-hybridized carbons (Fsp3) is 0.625. The standard InChI is InChI=1S/C40H63N8O11P/c1-26(2)21-31(45-40(55)34-18-14-19-48(34)28(4)50)37(52)44-32(22-30-23-42-25-43-30)38(53)46-33(24-49)39(54)47-35(36(41)51)27(3)59-60(56,57)58-20-13-8-6-5-7-10-15-29-16-11-9-12-17-29/h9,11-12,16-17,23,25-27,31-35,49H,5-8,10,13-15,18-22,24H2,1-4H3,(H2,41,51)(H,42,43)(H,44,52)(H,45,55)(H,46,53)(H,47,54)(H,56,57)/t27-,31+,32+,33+,34?,35+/m1/s1. The third-order valence-electron chi connectivity index (χ3n) is 10.1. The average Bonchev–Trinajstić information content (AvgIpc) is 3.91. The number of phosphoric acid groups is 1. The number of primary amides is 1. The number of nitrogens with two attached hydrogens (primary N) is 1. The topological polar surface area (TPSA) is 284 Å². The number of H-pyrrole nitrogens is 1. The maximum atomic E-state index is 13.7. The van der Waals surface area contributed by atoms with Gasteiger partial charge in [0.25, 0.3) is 0 Å². The van der Waals surface area contributed by atoms with Crippen LogP contribution in [0.5, 0.6) is 0 Å². The first kappa shape index (κ1) is 49.7. The maximum absolute atomic E-state index is 13.7. The number of aliphatic hydroxyl groups is 1. The lowest BCUT2D eigenvalue weighted by Crippen LogP contribution is -2.61. The smallest absolute Gasteiger partial charge is 0.394 e. The largest absolute Gasteiger partial charge is 0.472 e. The predicted molar refractivity (Wildman–Crippen MR) is 220 cm³/mol. The molecule has 0 bridgehead atoms. The minimum Gasteiger partial charge on any atom is -0.394 e. The molecule has 1 aromatic carbocycles. The van der Waals surface area contributed by atoms with Crippen molar-refractivity contribution in [2.24, 2.45) is 11.7 Å². The fourth-order valence-electron chi connectivity index (χ4n) is 6.89. The third-order valence-corrected chi connectivity index (χ3v) is 11.2. The molecule has 20 heteroatoms. The third kappa shape index (κ3) is 17.1. The molecule has 7 atom stereocenters. The minimum atomic E-state index is -4.70. The number of unbranched alkanes of at least 4 members (excludes halogenated alkanes) is 5. The lowest BCUT2D eigenvalue weighted by molar-refractivity contribution is -0.139. The molecule has 1 aliphatic rings. The van der Waals surface area contributed by atoms with Gasteiger partial charge in [0.05, 0.1) is 25.6 Å². The summed E-state index contributed by atoms with van der Waals surface area (Å²) in [6, 6.07) is 3.65. The van der Waals surface area contributed by atoms with Crippen LogP contribution in [0, 0.1) is 5.92 Å². The van der Waals surface area contributed by atoms with E-state index in [1.165, 1.54) is 36.8 Å². The van der Waals surface area contributed by atoms with Crippen molar-refractivity contribution >= 4 is 43.3 Å². The number of amides is 6. The van der Waals surface area contributed by atoms with Crippen molar-refractivity contribution < 1.29 is 52.4 Å². The summed E-state index contributed by atoms with van der Waals surface area (Å²) in [7, 11) is -4.70. The van der Waals surface area contributed by atoms with Crippen LogP contribution in [0.2, 0.25) is 0 Å². The van der Waals surface area contributed by atoms with Crippen molar-refractivity contribution in [3.8, 4) is 0 Å². The molecule has 0 radical (unpaired) electrons. The monoisotopic (exact) mass is 862 g/mol. The van der Waals surface area contributed by atoms with E-state index in [0.29, 0.717) is 31.5 Å². The van der Waals surface area contributed by atoms with Gasteiger partial charge in [-0.2, -0.15) is 0 Å². The van der Waals surface area contributed by atoms with Gasteiger partial charge >= 0.3 is 7.82 Å². The number of imidazole rings is 1. The number of carbonyl (C=O) groups excluding carboxylic acids is 6. The van der Waals surface area contributed by atoms with Crippen LogP contribution in [0.25, 0.3) is 0 Å². The summed E-state index contributed by atoms with van der Waals surface area (Å²) >= 11 is 0. The van der Waals surface area contributed by atoms with Gasteiger partial charge in [-0.25, -0.2) is 9.55 Å². The van der Waals surface area contributed by atoms with E-state index < -0.39 is 80.3 Å². The second-order valence-corrected chi connectivity index (χ2v) is 16.9. The number of rotatable bonds is 27. The molecule has 1 aromatic heterocycles. The second kappa shape index (κ2) is 25.2. The zero-order valence-electron chi connectivity index (χ0n) is 35.0. The van der Waals surface area contributed by atoms with Gasteiger partial charge in [0.1, 0.15) is 30.2 Å². The van der Waals surface area contributed by atoms with Crippen molar-refractivity contribution in [2.75, 3.05) is 19.8 Å². The quantitative estimate of drug-likeness (QED) is 0.0469. The Labute approximate surface area is 351 Å². The van der Waals surface area contributed by atoms with E-state index in [9.17, 15) is 43.3 Å². The van der Waals surface area contributed by atoms with Crippen LogP contribution in [0.3, 0.4) is 0 Å². The number of phosphoric ester groups is 1. The first-order valence-corrected chi connectivity index (χ1v) is 22.1. The highest BCUT2D eigenvalue weighted by Gasteiger charge is 2.37. The van der Waals surface area contributed by atoms with E-state index in [2.05, 4.69) is 43.4 Å². The molecular weight excluding hydrogens is 799 g/mol. The molecular formula is C40H63N8O11P. The van der Waals surface area contributed by atoms with Gasteiger partial charge < -0.3 is 46.9 Å². The summed E-state index contributed by atoms with van der Waals surface area (Å²) in [5, 5.41) is 20.1. The maximum Gasteiger partial charge on any atom is 0.472 e. The Morgan fingerprint density at radius 2 is 1.55 bits per heavy atom. The average molecular weight is 863 g/mol. The van der Waals surface area contributed by atoms with Crippen molar-refractivity contribution in [1.82, 2.24) is 36.1 Å². The number of nitrogens with one attached hydrogen (secondary N) is 5. The molecule has 0 saturated carbocycles. The number of likely N-dealkylation sites (tertiary alicyclic amines) is 1. The van der Waals surface area contributed by atoms with Gasteiger partial charge in [0.2, 0.25) is 35.4 Å². The van der Waals surface area contributed by atoms with Crippen LogP contribution in [0.15, 0.2) is 42.9 Å². The van der Waals surface area contributed by atoms with Crippen LogP contribution in [-0.4, -0.2) is 116 Å². The van der Waals surface area contributed by atoms with E-state index in [1.807, 2.05) is 32.0 Å². The van der Waals surface area contributed by atoms with Crippen molar-refractivity contribution in [3.63, 3.8) is 0 Å². The van der Waals surface area contributed by atoms with Crippen LogP contribution >= 0.6 is 7.82 Å². The summed E-state index contributed by atoms with van der Waals surface area (Å²) in [6.45, 7) is 5.65. The van der Waals surface area contributed by atoms with Crippen molar-refractivity contribution in [1.29, 1.82) is 0 Å². The van der Waals surface area contributed by atoms with Crippen LogP contribution in [-0.2, 0) is 55.2 Å². The van der Waals surface area contributed by atoms with E-state index >= 15 is 0 Å². The van der Waals surface area contributed by atoms with E-state index in [4.69, 9.17) is 14.8 Å². The molecule has 60 heavy (non-hydrogen) atoms. The highest BCUT2D eigenvalue weighted by Crippen LogP contribution is 2.45. The molecule has 3 rings (SSSR count). The van der Waals surface area contributed by atoms with E-state index in [0.717, 1.165) is 38.5 Å². The number of hydrogen-bond acceptors (Lipinski definition) is 11. The molecule has 2 unspecified atom stereocenters. The Balaban J connectivity index is 1.56. The van der Waals surface area contributed by atoms with Gasteiger partial charge in [-0.3, -0.25) is 37.8 Å². The molecule has 0 aliphatic carbocycles. The summed E-state index contributed by atoms with van der Waals surface area (Å²) in [5.41, 5.74) is 7.23. The lowest BCUT2D eigenvalue weighted by atomic mass is 10.0. The van der Waals surface area contributed by atoms with Gasteiger partial charge in [-0.15, -0.1) is 0 Å². The number of benzene rings is 1. The molecule has 0 spiro atoms. The SMILES string of the molecule is CC(=O)N1CCCC1C(=O)N[C@@H](CC(C)C)C(=O)N[C@@H](Cc1cnc[nH]1)C(=O)N[C@@H](CO)C(=O)N[C@H](C(N)=O)[C@@H](C)OP(=O)(O)OCCCCCCCCc1ccccc1. The Hall–Kier alpha value is -4.68. The van der Waals surface area contributed by atoms with E-state index in [-0.39, 0.29) is 31.3 Å². The zero-order valence-corrected chi connectivity index (χ0v) is 35.9. The molecule has 9 N–H and O–H groups in total. The number of nitrogens with zero attached hydrogens (tertiary/aromatic N) is 2. The molecule has 2 aromatic rings. The predicted octanol–water partition coefficient (Wildman–Crippen LogP) is 1.53. The molecule has 6 amide bonds. The molecule has 1 fully saturated rings. The first-order chi connectivity index (χ1) is 28.5. The zero-order chi connectivity index (χ0) is 44.2. The Kier molecular flexibility index (Phi) is 20.8.